The van der Waals surface area contributed by atoms with Crippen LogP contribution in [-0.4, -0.2) is 20.3 Å². The molecule has 74 valence electrons. The minimum atomic E-state index is -3.78. The molecule has 4 nitrogen and oxygen atoms in total. The Labute approximate surface area is 107 Å². The Morgan fingerprint density at radius 2 is 1.86 bits per heavy atom. The van der Waals surface area contributed by atoms with Gasteiger partial charge in [0.15, 0.2) is 6.79 Å². The van der Waals surface area contributed by atoms with E-state index in [1.807, 2.05) is 6.92 Å². The van der Waals surface area contributed by atoms with Crippen molar-refractivity contribution in [2.45, 2.75) is 11.8 Å². The first-order chi connectivity index (χ1) is 6.06. The molecule has 1 N–H and O–H groups in total. The van der Waals surface area contributed by atoms with Crippen molar-refractivity contribution in [1.29, 1.82) is 0 Å². The van der Waals surface area contributed by atoms with Crippen molar-refractivity contribution < 1.29 is 48.7 Å². The zero-order valence-corrected chi connectivity index (χ0v) is 10.9. The van der Waals surface area contributed by atoms with Crippen LogP contribution in [0.25, 0.3) is 0 Å². The van der Waals surface area contributed by atoms with Crippen LogP contribution in [0.2, 0.25) is 0 Å². The number of hydrogen-bond donors (Lipinski definition) is 1. The van der Waals surface area contributed by atoms with Crippen LogP contribution in [0.3, 0.4) is 0 Å². The molecule has 0 unspecified atom stereocenters. The first kappa shape index (κ1) is 14.1. The summed E-state index contributed by atoms with van der Waals surface area (Å²) < 4.78 is 26.5. The summed E-state index contributed by atoms with van der Waals surface area (Å²) in [4.78, 5) is 0.0483. The fourth-order valence-corrected chi connectivity index (χ4v) is 1.59. The summed E-state index contributed by atoms with van der Waals surface area (Å²) in [5.74, 6) is 0. The van der Waals surface area contributed by atoms with Crippen molar-refractivity contribution in [3.05, 3.63) is 29.8 Å². The first-order valence-electron chi connectivity index (χ1n) is 3.63. The summed E-state index contributed by atoms with van der Waals surface area (Å²) in [6.45, 7) is 1.01. The van der Waals surface area contributed by atoms with Crippen LogP contribution in [0.5, 0.6) is 0 Å². The standard InChI is InChI=1S/C8H10O4S.Na.H/c1-7-2-4-8(5-3-7)13(10,11)12-6-9;;/h2-5,9H,6H2,1H3;;/q;+1;-1. The normalized spacial score (nSPS) is 10.7. The van der Waals surface area contributed by atoms with E-state index in [9.17, 15) is 8.42 Å². The molecule has 0 heterocycles. The van der Waals surface area contributed by atoms with Gasteiger partial charge in [-0.3, -0.25) is 0 Å². The predicted molar refractivity (Wildman–Crippen MR) is 47.6 cm³/mol. The van der Waals surface area contributed by atoms with Crippen molar-refractivity contribution in [3.63, 3.8) is 0 Å². The topological polar surface area (TPSA) is 63.6 Å². The van der Waals surface area contributed by atoms with E-state index in [2.05, 4.69) is 4.18 Å². The molecule has 0 radical (unpaired) electrons. The Morgan fingerprint density at radius 3 is 2.29 bits per heavy atom. The fraction of sp³-hybridized carbons (Fsp3) is 0.250. The molecule has 0 amide bonds. The van der Waals surface area contributed by atoms with Gasteiger partial charge in [0.2, 0.25) is 0 Å². The van der Waals surface area contributed by atoms with Crippen LogP contribution in [0, 0.1) is 6.92 Å². The molecule has 0 atom stereocenters. The summed E-state index contributed by atoms with van der Waals surface area (Å²) in [7, 11) is -3.78. The van der Waals surface area contributed by atoms with Crippen molar-refractivity contribution in [3.8, 4) is 0 Å². The third kappa shape index (κ3) is 3.68. The Bertz CT molecular complexity index is 376. The van der Waals surface area contributed by atoms with Gasteiger partial charge in [0.1, 0.15) is 0 Å². The van der Waals surface area contributed by atoms with E-state index >= 15 is 0 Å². The quantitative estimate of drug-likeness (QED) is 0.360. The van der Waals surface area contributed by atoms with Crippen LogP contribution in [0.4, 0.5) is 0 Å². The molecule has 0 aromatic heterocycles. The average Bonchev–Trinajstić information content (AvgIpc) is 2.05. The monoisotopic (exact) mass is 226 g/mol. The molecule has 0 aliphatic heterocycles. The molecule has 6 heteroatoms. The fourth-order valence-electron chi connectivity index (χ4n) is 0.842. The molecule has 0 aliphatic rings. The molecule has 0 saturated carbocycles. The molecule has 1 aromatic rings. The second-order valence-corrected chi connectivity index (χ2v) is 4.13. The maximum atomic E-state index is 11.2. The number of hydrogen-bond acceptors (Lipinski definition) is 4. The van der Waals surface area contributed by atoms with Crippen LogP contribution < -0.4 is 29.6 Å². The minimum Gasteiger partial charge on any atom is -1.00 e. The Hall–Kier alpha value is 0.0900. The zero-order chi connectivity index (χ0) is 9.90. The molecule has 0 spiro atoms. The SMILES string of the molecule is Cc1ccc(S(=O)(=O)OCO)cc1.[H-].[Na+]. The Morgan fingerprint density at radius 1 is 1.36 bits per heavy atom. The van der Waals surface area contributed by atoms with E-state index in [4.69, 9.17) is 5.11 Å². The van der Waals surface area contributed by atoms with Crippen molar-refractivity contribution in [2.24, 2.45) is 0 Å². The van der Waals surface area contributed by atoms with E-state index in [0.717, 1.165) is 5.56 Å². The van der Waals surface area contributed by atoms with Crippen molar-refractivity contribution >= 4 is 10.1 Å². The van der Waals surface area contributed by atoms with E-state index in [0.29, 0.717) is 0 Å². The number of aliphatic hydroxyl groups excluding tert-OH is 1. The Kier molecular flexibility index (Phi) is 5.88. The summed E-state index contributed by atoms with van der Waals surface area (Å²) in [6.07, 6.45) is 0. The summed E-state index contributed by atoms with van der Waals surface area (Å²) in [5, 5.41) is 8.32. The van der Waals surface area contributed by atoms with Crippen LogP contribution in [0.15, 0.2) is 29.2 Å². The van der Waals surface area contributed by atoms with Crippen LogP contribution in [-0.2, 0) is 14.3 Å². The van der Waals surface area contributed by atoms with Gasteiger partial charge in [0.25, 0.3) is 10.1 Å². The van der Waals surface area contributed by atoms with E-state index in [-0.39, 0.29) is 35.9 Å². The molecule has 0 aliphatic carbocycles. The molecular weight excluding hydrogens is 215 g/mol. The van der Waals surface area contributed by atoms with Gasteiger partial charge in [-0.25, -0.2) is 4.18 Å². The summed E-state index contributed by atoms with van der Waals surface area (Å²) in [5.41, 5.74) is 0.961. The minimum absolute atomic E-state index is 0. The number of rotatable bonds is 3. The maximum Gasteiger partial charge on any atom is 1.00 e. The van der Waals surface area contributed by atoms with E-state index in [1.165, 1.54) is 12.1 Å². The van der Waals surface area contributed by atoms with Gasteiger partial charge in [-0.15, -0.1) is 0 Å². The third-order valence-corrected chi connectivity index (χ3v) is 2.78. The van der Waals surface area contributed by atoms with Crippen molar-refractivity contribution in [1.82, 2.24) is 0 Å². The second kappa shape index (κ2) is 5.85. The van der Waals surface area contributed by atoms with Gasteiger partial charge in [0.05, 0.1) is 4.90 Å². The molecule has 14 heavy (non-hydrogen) atoms. The molecular formula is C8H11NaO4S. The maximum absolute atomic E-state index is 11.2. The van der Waals surface area contributed by atoms with Gasteiger partial charge in [-0.2, -0.15) is 8.42 Å². The third-order valence-electron chi connectivity index (χ3n) is 1.52. The van der Waals surface area contributed by atoms with Gasteiger partial charge < -0.3 is 6.53 Å². The largest absolute Gasteiger partial charge is 1.00 e. The molecule has 1 aromatic carbocycles. The molecule has 0 fully saturated rings. The summed E-state index contributed by atoms with van der Waals surface area (Å²) >= 11 is 0. The van der Waals surface area contributed by atoms with Gasteiger partial charge in [0, 0.05) is 0 Å². The van der Waals surface area contributed by atoms with Gasteiger partial charge in [-0.05, 0) is 19.1 Å². The first-order valence-corrected chi connectivity index (χ1v) is 5.04. The predicted octanol–water partition coefficient (Wildman–Crippen LogP) is -2.23. The molecule has 0 saturated heterocycles. The molecule has 0 bridgehead atoms. The van der Waals surface area contributed by atoms with Gasteiger partial charge >= 0.3 is 29.6 Å². The second-order valence-electron chi connectivity index (χ2n) is 2.51. The number of benzene rings is 1. The Balaban J connectivity index is 0. The average molecular weight is 226 g/mol. The molecule has 1 rings (SSSR count). The van der Waals surface area contributed by atoms with E-state index < -0.39 is 16.9 Å². The van der Waals surface area contributed by atoms with Crippen LogP contribution >= 0.6 is 0 Å². The smallest absolute Gasteiger partial charge is 1.00 e. The number of aryl methyl sites for hydroxylation is 1. The van der Waals surface area contributed by atoms with E-state index in [1.54, 1.807) is 12.1 Å². The van der Waals surface area contributed by atoms with Crippen LogP contribution in [0.1, 0.15) is 6.99 Å². The summed E-state index contributed by atoms with van der Waals surface area (Å²) in [6, 6.07) is 6.18. The number of aliphatic hydroxyl groups is 1. The zero-order valence-electron chi connectivity index (χ0n) is 9.10. The van der Waals surface area contributed by atoms with Crippen molar-refractivity contribution in [2.75, 3.05) is 6.79 Å². The van der Waals surface area contributed by atoms with Gasteiger partial charge in [-0.1, -0.05) is 17.7 Å².